The number of nitrogens with zero attached hydrogens (tertiary/aromatic N) is 1. The van der Waals surface area contributed by atoms with Gasteiger partial charge in [-0.05, 0) is 24.8 Å². The topological polar surface area (TPSA) is 75.4 Å². The van der Waals surface area contributed by atoms with E-state index in [1.807, 2.05) is 0 Å². The van der Waals surface area contributed by atoms with Crippen molar-refractivity contribution in [1.82, 2.24) is 0 Å². The molecule has 6 heteroatoms. The van der Waals surface area contributed by atoms with Gasteiger partial charge in [0.2, 0.25) is 0 Å². The predicted molar refractivity (Wildman–Crippen MR) is 65.3 cm³/mol. The van der Waals surface area contributed by atoms with Crippen LogP contribution in [0.3, 0.4) is 0 Å². The lowest BCUT2D eigenvalue weighted by molar-refractivity contribution is -0.384. The molecule has 1 aromatic rings. The highest BCUT2D eigenvalue weighted by atomic mass is 35.5. The Morgan fingerprint density at radius 3 is 2.76 bits per heavy atom. The van der Waals surface area contributed by atoms with Crippen molar-refractivity contribution in [2.45, 2.75) is 18.9 Å². The van der Waals surface area contributed by atoms with Gasteiger partial charge < -0.3 is 10.4 Å². The van der Waals surface area contributed by atoms with Gasteiger partial charge in [0.05, 0.1) is 21.7 Å². The Kier molecular flexibility index (Phi) is 3.49. The fourth-order valence-electron chi connectivity index (χ4n) is 1.88. The van der Waals surface area contributed by atoms with E-state index in [2.05, 4.69) is 5.32 Å². The number of nitro groups is 1. The van der Waals surface area contributed by atoms with Crippen LogP contribution in [0.1, 0.15) is 12.8 Å². The second-order valence-corrected chi connectivity index (χ2v) is 4.70. The summed E-state index contributed by atoms with van der Waals surface area (Å²) in [4.78, 5) is 10.0. The van der Waals surface area contributed by atoms with Crippen LogP contribution in [-0.4, -0.2) is 22.7 Å². The normalized spacial score (nSPS) is 22.9. The molecule has 0 radical (unpaired) electrons. The van der Waals surface area contributed by atoms with E-state index >= 15 is 0 Å². The molecule has 92 valence electrons. The third kappa shape index (κ3) is 2.87. The molecular weight excluding hydrogens is 244 g/mol. The molecule has 1 aliphatic rings. The Bertz CT molecular complexity index is 433. The summed E-state index contributed by atoms with van der Waals surface area (Å²) >= 11 is 5.93. The third-order valence-corrected chi connectivity index (χ3v) is 3.27. The van der Waals surface area contributed by atoms with Crippen molar-refractivity contribution < 1.29 is 10.0 Å². The average Bonchev–Trinajstić information content (AvgIpc) is 2.24. The van der Waals surface area contributed by atoms with Crippen LogP contribution in [0.2, 0.25) is 5.02 Å². The van der Waals surface area contributed by atoms with E-state index in [1.165, 1.54) is 12.1 Å². The zero-order valence-electron chi connectivity index (χ0n) is 9.10. The quantitative estimate of drug-likeness (QED) is 0.641. The number of hydrogen-bond donors (Lipinski definition) is 2. The summed E-state index contributed by atoms with van der Waals surface area (Å²) in [5.74, 6) is 0.455. The Morgan fingerprint density at radius 2 is 2.24 bits per heavy atom. The lowest BCUT2D eigenvalue weighted by Crippen LogP contribution is -2.33. The van der Waals surface area contributed by atoms with E-state index < -0.39 is 4.92 Å². The van der Waals surface area contributed by atoms with Gasteiger partial charge in [0.1, 0.15) is 0 Å². The molecule has 1 aromatic carbocycles. The molecule has 5 nitrogen and oxygen atoms in total. The minimum atomic E-state index is -0.474. The van der Waals surface area contributed by atoms with E-state index in [0.29, 0.717) is 16.6 Å². The Morgan fingerprint density at radius 1 is 1.53 bits per heavy atom. The largest absolute Gasteiger partial charge is 0.393 e. The van der Waals surface area contributed by atoms with Crippen LogP contribution in [0.25, 0.3) is 0 Å². The van der Waals surface area contributed by atoms with Gasteiger partial charge in [0.15, 0.2) is 0 Å². The van der Waals surface area contributed by atoms with Crippen LogP contribution in [-0.2, 0) is 0 Å². The van der Waals surface area contributed by atoms with Gasteiger partial charge in [-0.3, -0.25) is 10.1 Å². The number of aliphatic hydroxyl groups excluding tert-OH is 1. The first-order valence-corrected chi connectivity index (χ1v) is 5.80. The van der Waals surface area contributed by atoms with Crippen LogP contribution >= 0.6 is 11.6 Å². The molecule has 0 saturated heterocycles. The lowest BCUT2D eigenvalue weighted by Gasteiger charge is -2.31. The number of benzene rings is 1. The minimum absolute atomic E-state index is 0.0142. The Balaban J connectivity index is 1.94. The molecule has 1 aliphatic carbocycles. The zero-order chi connectivity index (χ0) is 12.4. The van der Waals surface area contributed by atoms with Gasteiger partial charge in [0.25, 0.3) is 5.69 Å². The minimum Gasteiger partial charge on any atom is -0.393 e. The summed E-state index contributed by atoms with van der Waals surface area (Å²) in [6.07, 6.45) is 1.43. The number of aliphatic hydroxyl groups is 1. The highest BCUT2D eigenvalue weighted by Gasteiger charge is 2.26. The Hall–Kier alpha value is -1.33. The van der Waals surface area contributed by atoms with E-state index in [0.717, 1.165) is 19.4 Å². The number of nitrogens with one attached hydrogen (secondary N) is 1. The lowest BCUT2D eigenvalue weighted by atomic mass is 9.82. The molecule has 0 heterocycles. The van der Waals surface area contributed by atoms with Crippen LogP contribution in [0, 0.1) is 16.0 Å². The van der Waals surface area contributed by atoms with E-state index in [-0.39, 0.29) is 11.8 Å². The summed E-state index contributed by atoms with van der Waals surface area (Å²) in [6.45, 7) is 0.731. The number of nitro benzene ring substituents is 1. The summed E-state index contributed by atoms with van der Waals surface area (Å²) in [5.41, 5.74) is 0.679. The van der Waals surface area contributed by atoms with Crippen LogP contribution in [0.4, 0.5) is 11.4 Å². The maximum Gasteiger partial charge on any atom is 0.271 e. The molecule has 1 fully saturated rings. The second kappa shape index (κ2) is 4.89. The summed E-state index contributed by atoms with van der Waals surface area (Å²) < 4.78 is 0. The number of anilines is 1. The van der Waals surface area contributed by atoms with Crippen molar-refractivity contribution in [3.8, 4) is 0 Å². The van der Waals surface area contributed by atoms with E-state index in [4.69, 9.17) is 16.7 Å². The molecule has 0 spiro atoms. The molecule has 2 rings (SSSR count). The zero-order valence-corrected chi connectivity index (χ0v) is 9.85. The third-order valence-electron chi connectivity index (χ3n) is 2.96. The highest BCUT2D eigenvalue weighted by Crippen LogP contribution is 2.30. The first-order valence-electron chi connectivity index (χ1n) is 5.42. The first kappa shape index (κ1) is 12.1. The number of halogens is 1. The predicted octanol–water partition coefficient (Wildman–Crippen LogP) is 2.43. The monoisotopic (exact) mass is 256 g/mol. The highest BCUT2D eigenvalue weighted by molar-refractivity contribution is 6.33. The van der Waals surface area contributed by atoms with Gasteiger partial charge in [0, 0.05) is 18.7 Å². The second-order valence-electron chi connectivity index (χ2n) is 4.29. The average molecular weight is 257 g/mol. The molecule has 0 bridgehead atoms. The van der Waals surface area contributed by atoms with Crippen LogP contribution in [0.5, 0.6) is 0 Å². The van der Waals surface area contributed by atoms with Crippen molar-refractivity contribution in [3.63, 3.8) is 0 Å². The van der Waals surface area contributed by atoms with Gasteiger partial charge in [-0.2, -0.15) is 0 Å². The Labute approximate surface area is 104 Å². The van der Waals surface area contributed by atoms with Gasteiger partial charge in [-0.1, -0.05) is 11.6 Å². The standard InChI is InChI=1S/C11H13ClN2O3/c12-10-5-8(14(16)17)1-2-11(10)13-6-7-3-9(15)4-7/h1-2,5,7,9,13,15H,3-4,6H2. The maximum absolute atomic E-state index is 10.5. The first-order chi connectivity index (χ1) is 8.06. The van der Waals surface area contributed by atoms with E-state index in [1.54, 1.807) is 6.07 Å². The van der Waals surface area contributed by atoms with Crippen molar-refractivity contribution in [2.75, 3.05) is 11.9 Å². The van der Waals surface area contributed by atoms with Gasteiger partial charge in [-0.15, -0.1) is 0 Å². The summed E-state index contributed by atoms with van der Waals surface area (Å²) in [7, 11) is 0. The maximum atomic E-state index is 10.5. The van der Waals surface area contributed by atoms with Crippen LogP contribution in [0.15, 0.2) is 18.2 Å². The number of rotatable bonds is 4. The van der Waals surface area contributed by atoms with Gasteiger partial charge >= 0.3 is 0 Å². The fraction of sp³-hybridized carbons (Fsp3) is 0.455. The molecule has 0 atom stereocenters. The van der Waals surface area contributed by atoms with Crippen LogP contribution < -0.4 is 5.32 Å². The number of hydrogen-bond acceptors (Lipinski definition) is 4. The van der Waals surface area contributed by atoms with Crippen molar-refractivity contribution in [2.24, 2.45) is 5.92 Å². The smallest absolute Gasteiger partial charge is 0.271 e. The molecule has 1 saturated carbocycles. The molecule has 2 N–H and O–H groups in total. The number of non-ortho nitro benzene ring substituents is 1. The molecule has 0 unspecified atom stereocenters. The van der Waals surface area contributed by atoms with Crippen molar-refractivity contribution in [1.29, 1.82) is 0 Å². The molecule has 0 aliphatic heterocycles. The summed E-state index contributed by atoms with van der Waals surface area (Å²) in [6, 6.07) is 4.36. The van der Waals surface area contributed by atoms with Crippen molar-refractivity contribution >= 4 is 23.0 Å². The summed E-state index contributed by atoms with van der Waals surface area (Å²) in [5, 5.41) is 23.1. The molecule has 0 aromatic heterocycles. The molecular formula is C11H13ClN2O3. The fourth-order valence-corrected chi connectivity index (χ4v) is 2.12. The van der Waals surface area contributed by atoms with Gasteiger partial charge in [-0.25, -0.2) is 0 Å². The van der Waals surface area contributed by atoms with Crippen molar-refractivity contribution in [3.05, 3.63) is 33.3 Å². The van der Waals surface area contributed by atoms with E-state index in [9.17, 15) is 10.1 Å². The SMILES string of the molecule is O=[N+]([O-])c1ccc(NCC2CC(O)C2)c(Cl)c1. The molecule has 0 amide bonds. The molecule has 17 heavy (non-hydrogen) atoms.